The number of methoxy groups -OCH3 is 1. The number of hydrogen-bond acceptors (Lipinski definition) is 5. The summed E-state index contributed by atoms with van der Waals surface area (Å²) >= 11 is 0. The van der Waals surface area contributed by atoms with Crippen LogP contribution in [0.2, 0.25) is 0 Å². The third-order valence-electron chi connectivity index (χ3n) is 6.36. The highest BCUT2D eigenvalue weighted by Gasteiger charge is 2.52. The van der Waals surface area contributed by atoms with Gasteiger partial charge in [-0.25, -0.2) is 5.48 Å². The Balaban J connectivity index is 2.14. The van der Waals surface area contributed by atoms with Gasteiger partial charge in [-0.1, -0.05) is 73.7 Å². The highest BCUT2D eigenvalue weighted by atomic mass is 16.5. The molecule has 0 aromatic heterocycles. The van der Waals surface area contributed by atoms with E-state index in [0.29, 0.717) is 6.54 Å². The number of hydrogen-bond donors (Lipinski definition) is 4. The number of aliphatic hydroxyl groups is 1. The van der Waals surface area contributed by atoms with E-state index in [1.807, 2.05) is 60.7 Å². The Hall–Kier alpha value is -2.93. The number of rotatable bonds is 10. The molecule has 4 N–H and O–H groups in total. The Morgan fingerprint density at radius 2 is 1.81 bits per heavy atom. The Morgan fingerprint density at radius 3 is 2.38 bits per heavy atom. The normalized spacial score (nSPS) is 16.1. The van der Waals surface area contributed by atoms with Crippen LogP contribution in [0.15, 0.2) is 66.8 Å². The molecule has 0 radical (unpaired) electrons. The van der Waals surface area contributed by atoms with Crippen molar-refractivity contribution in [3.63, 3.8) is 0 Å². The van der Waals surface area contributed by atoms with Crippen molar-refractivity contribution in [3.8, 4) is 16.9 Å². The molecule has 3 atom stereocenters. The summed E-state index contributed by atoms with van der Waals surface area (Å²) < 4.78 is 5.43. The lowest BCUT2D eigenvalue weighted by Crippen LogP contribution is -2.69. The van der Waals surface area contributed by atoms with E-state index in [4.69, 9.17) is 4.74 Å². The average molecular weight is 439 g/mol. The van der Waals surface area contributed by atoms with Crippen molar-refractivity contribution >= 4 is 12.0 Å². The van der Waals surface area contributed by atoms with E-state index in [9.17, 15) is 15.1 Å². The Morgan fingerprint density at radius 1 is 1.19 bits per heavy atom. The van der Waals surface area contributed by atoms with Crippen molar-refractivity contribution < 1.29 is 19.8 Å². The minimum Gasteiger partial charge on any atom is -0.496 e. The lowest BCUT2D eigenvalue weighted by molar-refractivity contribution is -0.150. The maximum absolute atomic E-state index is 12.4. The maximum atomic E-state index is 12.4. The fourth-order valence-corrected chi connectivity index (χ4v) is 3.63. The van der Waals surface area contributed by atoms with Gasteiger partial charge in [0.25, 0.3) is 5.91 Å². The van der Waals surface area contributed by atoms with Crippen LogP contribution < -0.4 is 15.5 Å². The van der Waals surface area contributed by atoms with Crippen LogP contribution in [0, 0.1) is 5.92 Å². The van der Waals surface area contributed by atoms with Crippen LogP contribution >= 0.6 is 0 Å². The lowest BCUT2D eigenvalue weighted by atomic mass is 9.71. The first-order chi connectivity index (χ1) is 15.1. The van der Waals surface area contributed by atoms with Gasteiger partial charge in [-0.2, -0.15) is 0 Å². The summed E-state index contributed by atoms with van der Waals surface area (Å²) in [5.74, 6) is -0.286. The summed E-state index contributed by atoms with van der Waals surface area (Å²) in [7, 11) is 1.65. The number of benzene rings is 2. The summed E-state index contributed by atoms with van der Waals surface area (Å²) in [6, 6.07) is 15.9. The van der Waals surface area contributed by atoms with Gasteiger partial charge in [0.15, 0.2) is 0 Å². The van der Waals surface area contributed by atoms with Crippen molar-refractivity contribution in [2.45, 2.75) is 38.8 Å². The Bertz CT molecular complexity index is 966. The summed E-state index contributed by atoms with van der Waals surface area (Å²) in [4.78, 5) is 12.4. The van der Waals surface area contributed by atoms with Gasteiger partial charge >= 0.3 is 0 Å². The Kier molecular flexibility index (Phi) is 8.38. The minimum atomic E-state index is -1.49. The highest BCUT2D eigenvalue weighted by Crippen LogP contribution is 2.34. The molecular formula is C26H34N2O4. The first-order valence-electron chi connectivity index (χ1n) is 10.6. The molecule has 0 aliphatic carbocycles. The molecule has 2 aromatic rings. The number of amides is 1. The molecule has 0 spiro atoms. The van der Waals surface area contributed by atoms with Crippen molar-refractivity contribution in [2.24, 2.45) is 5.92 Å². The zero-order chi connectivity index (χ0) is 23.9. The molecule has 3 unspecified atom stereocenters. The maximum Gasteiger partial charge on any atom is 0.266 e. The molecule has 0 bridgehead atoms. The summed E-state index contributed by atoms with van der Waals surface area (Å²) in [5.41, 5.74) is 2.53. The van der Waals surface area contributed by atoms with E-state index >= 15 is 0 Å². The molecule has 6 heteroatoms. The molecule has 0 saturated carbocycles. The third kappa shape index (κ3) is 5.27. The van der Waals surface area contributed by atoms with E-state index in [-0.39, 0.29) is 5.92 Å². The SMILES string of the molecule is C=C(C)C(C)C(C)(O)C(C)(NCC=Cc1ccc(-c2ccccc2OC)cc1)C(=O)NO. The molecular weight excluding hydrogens is 404 g/mol. The van der Waals surface area contributed by atoms with Gasteiger partial charge in [0.1, 0.15) is 11.3 Å². The van der Waals surface area contributed by atoms with Gasteiger partial charge < -0.3 is 9.84 Å². The average Bonchev–Trinajstić information content (AvgIpc) is 2.80. The van der Waals surface area contributed by atoms with Crippen molar-refractivity contribution in [3.05, 3.63) is 72.3 Å². The third-order valence-corrected chi connectivity index (χ3v) is 6.36. The van der Waals surface area contributed by atoms with E-state index < -0.39 is 17.0 Å². The molecule has 1 amide bonds. The van der Waals surface area contributed by atoms with Gasteiger partial charge in [-0.05, 0) is 38.0 Å². The second-order valence-corrected chi connectivity index (χ2v) is 8.39. The summed E-state index contributed by atoms with van der Waals surface area (Å²) in [5, 5.41) is 23.5. The fraction of sp³-hybridized carbons (Fsp3) is 0.346. The monoisotopic (exact) mass is 438 g/mol. The number of nitrogens with one attached hydrogen (secondary N) is 2. The van der Waals surface area contributed by atoms with Gasteiger partial charge in [-0.15, -0.1) is 0 Å². The standard InChI is InChI=1S/C26H34N2O4/c1-18(2)19(3)26(5,30)25(4,24(29)28-31)27-17-9-10-20-13-15-21(16-14-20)22-11-7-8-12-23(22)32-6/h7-16,19,27,30-31H,1,17H2,2-6H3,(H,28,29). The van der Waals surface area contributed by atoms with E-state index in [0.717, 1.165) is 28.0 Å². The van der Waals surface area contributed by atoms with Crippen LogP contribution in [0.3, 0.4) is 0 Å². The molecule has 0 saturated heterocycles. The summed E-state index contributed by atoms with van der Waals surface area (Å²) in [6.07, 6.45) is 3.79. The smallest absolute Gasteiger partial charge is 0.266 e. The van der Waals surface area contributed by atoms with E-state index in [2.05, 4.69) is 11.9 Å². The Labute approximate surface area is 190 Å². The summed E-state index contributed by atoms with van der Waals surface area (Å²) in [6.45, 7) is 10.9. The molecule has 0 aliphatic heterocycles. The van der Waals surface area contributed by atoms with Crippen molar-refractivity contribution in [2.75, 3.05) is 13.7 Å². The lowest BCUT2D eigenvalue weighted by Gasteiger charge is -2.45. The van der Waals surface area contributed by atoms with Crippen LogP contribution in [0.4, 0.5) is 0 Å². The second-order valence-electron chi connectivity index (χ2n) is 8.39. The predicted molar refractivity (Wildman–Crippen MR) is 128 cm³/mol. The fourth-order valence-electron chi connectivity index (χ4n) is 3.63. The largest absolute Gasteiger partial charge is 0.496 e. The quantitative estimate of drug-likeness (QED) is 0.254. The van der Waals surface area contributed by atoms with E-state index in [1.54, 1.807) is 40.3 Å². The second kappa shape index (κ2) is 10.6. The zero-order valence-electron chi connectivity index (χ0n) is 19.5. The van der Waals surface area contributed by atoms with Crippen LogP contribution in [-0.4, -0.2) is 41.0 Å². The topological polar surface area (TPSA) is 90.8 Å². The number of hydroxylamine groups is 1. The number of para-hydroxylation sites is 1. The highest BCUT2D eigenvalue weighted by molar-refractivity contribution is 5.86. The molecule has 32 heavy (non-hydrogen) atoms. The first kappa shape index (κ1) is 25.3. The molecule has 2 aromatic carbocycles. The molecule has 0 heterocycles. The van der Waals surface area contributed by atoms with Crippen LogP contribution in [0.5, 0.6) is 5.75 Å². The van der Waals surface area contributed by atoms with Crippen LogP contribution in [0.25, 0.3) is 17.2 Å². The molecule has 0 fully saturated rings. The predicted octanol–water partition coefficient (Wildman–Crippen LogP) is 4.19. The number of ether oxygens (including phenoxy) is 1. The van der Waals surface area contributed by atoms with E-state index in [1.165, 1.54) is 0 Å². The van der Waals surface area contributed by atoms with Crippen LogP contribution in [-0.2, 0) is 4.79 Å². The molecule has 6 nitrogen and oxygen atoms in total. The molecule has 2 rings (SSSR count). The van der Waals surface area contributed by atoms with Gasteiger partial charge in [-0.3, -0.25) is 15.3 Å². The molecule has 172 valence electrons. The molecule has 0 aliphatic rings. The van der Waals surface area contributed by atoms with Gasteiger partial charge in [0, 0.05) is 18.0 Å². The zero-order valence-corrected chi connectivity index (χ0v) is 19.5. The van der Waals surface area contributed by atoms with Crippen molar-refractivity contribution in [1.29, 1.82) is 0 Å². The van der Waals surface area contributed by atoms with Gasteiger partial charge in [0.05, 0.1) is 12.7 Å². The van der Waals surface area contributed by atoms with Gasteiger partial charge in [0.2, 0.25) is 0 Å². The number of carbonyl (C=O) groups is 1. The first-order valence-corrected chi connectivity index (χ1v) is 10.6. The van der Waals surface area contributed by atoms with Crippen LogP contribution in [0.1, 0.15) is 33.3 Å². The number of carbonyl (C=O) groups excluding carboxylic acids is 1. The van der Waals surface area contributed by atoms with Crippen molar-refractivity contribution in [1.82, 2.24) is 10.8 Å². The minimum absolute atomic E-state index is 0.303.